The Balaban J connectivity index is 1.87. The number of hydrogen-bond donors (Lipinski definition) is 1. The Bertz CT molecular complexity index is 606. The zero-order chi connectivity index (χ0) is 18.2. The summed E-state index contributed by atoms with van der Waals surface area (Å²) in [5, 5.41) is 9.03. The van der Waals surface area contributed by atoms with E-state index in [1.165, 1.54) is 47.6 Å². The summed E-state index contributed by atoms with van der Waals surface area (Å²) in [6, 6.07) is 3.71. The fraction of sp³-hybridized carbons (Fsp3) is 0.579. The highest BCUT2D eigenvalue weighted by atomic mass is 19.1. The van der Waals surface area contributed by atoms with E-state index in [-0.39, 0.29) is 24.7 Å². The van der Waals surface area contributed by atoms with E-state index < -0.39 is 11.8 Å². The van der Waals surface area contributed by atoms with Crippen LogP contribution in [0.1, 0.15) is 57.4 Å². The van der Waals surface area contributed by atoms with Crippen LogP contribution < -0.4 is 4.90 Å². The number of hydrogen-bond acceptors (Lipinski definition) is 3. The van der Waals surface area contributed by atoms with E-state index in [2.05, 4.69) is 6.92 Å². The molecule has 0 bridgehead atoms. The van der Waals surface area contributed by atoms with E-state index in [1.54, 1.807) is 6.07 Å². The number of anilines is 1. The number of amides is 3. The fourth-order valence-corrected chi connectivity index (χ4v) is 3.04. The number of nitrogens with zero attached hydrogens (tertiary/aromatic N) is 2. The van der Waals surface area contributed by atoms with E-state index in [1.807, 2.05) is 0 Å². The van der Waals surface area contributed by atoms with Crippen LogP contribution in [0.15, 0.2) is 18.2 Å². The Hall–Kier alpha value is -1.95. The molecular formula is C19H27FN2O3. The summed E-state index contributed by atoms with van der Waals surface area (Å²) >= 11 is 0. The van der Waals surface area contributed by atoms with E-state index in [0.717, 1.165) is 19.3 Å². The van der Waals surface area contributed by atoms with Gasteiger partial charge in [-0.1, -0.05) is 51.5 Å². The molecule has 1 aliphatic heterocycles. The third-order valence-corrected chi connectivity index (χ3v) is 4.53. The number of benzene rings is 1. The minimum atomic E-state index is -0.606. The number of carbonyl (C=O) groups excluding carboxylic acids is 2. The standard InChI is InChI=1S/C19H27FN2O3/c1-2-3-4-5-6-7-8-11-21-18(24)13-22(19(21)25)17-10-9-15(14-23)12-16(17)20/h9-10,12,23H,2-8,11,13-14H2,1H3. The fourth-order valence-electron chi connectivity index (χ4n) is 3.04. The monoisotopic (exact) mass is 350 g/mol. The molecule has 0 atom stereocenters. The average Bonchev–Trinajstić information content (AvgIpc) is 2.88. The van der Waals surface area contributed by atoms with Crippen LogP contribution in [-0.2, 0) is 11.4 Å². The quantitative estimate of drug-likeness (QED) is 0.515. The summed E-state index contributed by atoms with van der Waals surface area (Å²) < 4.78 is 14.1. The van der Waals surface area contributed by atoms with E-state index in [4.69, 9.17) is 5.11 Å². The molecule has 0 unspecified atom stereocenters. The van der Waals surface area contributed by atoms with Gasteiger partial charge in [0.1, 0.15) is 12.4 Å². The molecule has 0 aromatic heterocycles. The van der Waals surface area contributed by atoms with E-state index in [0.29, 0.717) is 12.1 Å². The first-order chi connectivity index (χ1) is 12.1. The van der Waals surface area contributed by atoms with Gasteiger partial charge in [0.15, 0.2) is 0 Å². The Morgan fingerprint density at radius 2 is 1.76 bits per heavy atom. The topological polar surface area (TPSA) is 60.9 Å². The lowest BCUT2D eigenvalue weighted by Crippen LogP contribution is -2.34. The van der Waals surface area contributed by atoms with Crippen molar-refractivity contribution in [1.82, 2.24) is 4.90 Å². The van der Waals surface area contributed by atoms with Crippen molar-refractivity contribution in [1.29, 1.82) is 0 Å². The maximum absolute atomic E-state index is 14.1. The number of aliphatic hydroxyl groups is 1. The van der Waals surface area contributed by atoms with Gasteiger partial charge in [0, 0.05) is 6.54 Å². The minimum absolute atomic E-state index is 0.0811. The van der Waals surface area contributed by atoms with Crippen molar-refractivity contribution in [2.24, 2.45) is 0 Å². The molecule has 3 amide bonds. The number of carbonyl (C=O) groups is 2. The zero-order valence-corrected chi connectivity index (χ0v) is 14.8. The van der Waals surface area contributed by atoms with Crippen LogP contribution in [0, 0.1) is 5.82 Å². The number of urea groups is 1. The SMILES string of the molecule is CCCCCCCCCN1C(=O)CN(c2ccc(CO)cc2F)C1=O. The van der Waals surface area contributed by atoms with Crippen LogP contribution in [0.25, 0.3) is 0 Å². The van der Waals surface area contributed by atoms with Gasteiger partial charge < -0.3 is 5.11 Å². The molecule has 1 aromatic carbocycles. The summed E-state index contributed by atoms with van der Waals surface area (Å²) in [5.41, 5.74) is 0.511. The van der Waals surface area contributed by atoms with Gasteiger partial charge in [-0.15, -0.1) is 0 Å². The third kappa shape index (κ3) is 5.01. The van der Waals surface area contributed by atoms with Crippen LogP contribution in [0.4, 0.5) is 14.9 Å². The molecule has 1 saturated heterocycles. The summed E-state index contributed by atoms with van der Waals surface area (Å²) in [7, 11) is 0. The normalized spacial score (nSPS) is 14.7. The largest absolute Gasteiger partial charge is 0.392 e. The predicted octanol–water partition coefficient (Wildman–Crippen LogP) is 3.84. The second-order valence-electron chi connectivity index (χ2n) is 6.48. The van der Waals surface area contributed by atoms with Crippen molar-refractivity contribution in [2.75, 3.05) is 18.0 Å². The van der Waals surface area contributed by atoms with Gasteiger partial charge in [0.2, 0.25) is 0 Å². The van der Waals surface area contributed by atoms with Crippen LogP contribution in [0.2, 0.25) is 0 Å². The van der Waals surface area contributed by atoms with Gasteiger partial charge in [-0.2, -0.15) is 0 Å². The molecular weight excluding hydrogens is 323 g/mol. The molecule has 1 aromatic rings. The first-order valence-corrected chi connectivity index (χ1v) is 9.09. The first kappa shape index (κ1) is 19.4. The van der Waals surface area contributed by atoms with E-state index in [9.17, 15) is 14.0 Å². The van der Waals surface area contributed by atoms with Crippen LogP contribution in [0.3, 0.4) is 0 Å². The van der Waals surface area contributed by atoms with Crippen molar-refractivity contribution < 1.29 is 19.1 Å². The zero-order valence-electron chi connectivity index (χ0n) is 14.8. The van der Waals surface area contributed by atoms with Crippen LogP contribution in [0.5, 0.6) is 0 Å². The Labute approximate surface area is 148 Å². The molecule has 2 rings (SSSR count). The minimum Gasteiger partial charge on any atom is -0.392 e. The Morgan fingerprint density at radius 3 is 2.40 bits per heavy atom. The molecule has 1 fully saturated rings. The van der Waals surface area contributed by atoms with Crippen molar-refractivity contribution >= 4 is 17.6 Å². The van der Waals surface area contributed by atoms with Gasteiger partial charge in [0.25, 0.3) is 5.91 Å². The second kappa shape index (κ2) is 9.51. The van der Waals surface area contributed by atoms with Gasteiger partial charge in [-0.05, 0) is 24.1 Å². The molecule has 0 saturated carbocycles. The lowest BCUT2D eigenvalue weighted by molar-refractivity contribution is -0.124. The lowest BCUT2D eigenvalue weighted by atomic mass is 10.1. The Kier molecular flexibility index (Phi) is 7.37. The molecule has 1 heterocycles. The number of aliphatic hydroxyl groups excluding tert-OH is 1. The van der Waals surface area contributed by atoms with Crippen LogP contribution in [-0.4, -0.2) is 35.0 Å². The predicted molar refractivity (Wildman–Crippen MR) is 94.8 cm³/mol. The lowest BCUT2D eigenvalue weighted by Gasteiger charge is -2.18. The summed E-state index contributed by atoms with van der Waals surface area (Å²) in [6.07, 6.45) is 7.75. The van der Waals surface area contributed by atoms with Crippen molar-refractivity contribution in [2.45, 2.75) is 58.5 Å². The molecule has 1 N–H and O–H groups in total. The highest BCUT2D eigenvalue weighted by Crippen LogP contribution is 2.25. The van der Waals surface area contributed by atoms with Gasteiger partial charge >= 0.3 is 6.03 Å². The molecule has 0 radical (unpaired) electrons. The summed E-state index contributed by atoms with van der Waals surface area (Å²) in [4.78, 5) is 26.9. The number of unbranched alkanes of at least 4 members (excludes halogenated alkanes) is 6. The molecule has 0 aliphatic carbocycles. The average molecular weight is 350 g/mol. The summed E-state index contributed by atoms with van der Waals surface area (Å²) in [5.74, 6) is -0.896. The third-order valence-electron chi connectivity index (χ3n) is 4.53. The molecule has 25 heavy (non-hydrogen) atoms. The van der Waals surface area contributed by atoms with Crippen molar-refractivity contribution in [3.05, 3.63) is 29.6 Å². The Morgan fingerprint density at radius 1 is 1.08 bits per heavy atom. The number of imide groups is 1. The van der Waals surface area contributed by atoms with Gasteiger partial charge in [0.05, 0.1) is 12.3 Å². The first-order valence-electron chi connectivity index (χ1n) is 9.09. The summed E-state index contributed by atoms with van der Waals surface area (Å²) in [6.45, 7) is 2.16. The van der Waals surface area contributed by atoms with Gasteiger partial charge in [-0.3, -0.25) is 14.6 Å². The van der Waals surface area contributed by atoms with Crippen LogP contribution >= 0.6 is 0 Å². The number of halogens is 1. The van der Waals surface area contributed by atoms with Crippen molar-refractivity contribution in [3.8, 4) is 0 Å². The maximum atomic E-state index is 14.1. The molecule has 5 nitrogen and oxygen atoms in total. The number of rotatable bonds is 10. The molecule has 6 heteroatoms. The molecule has 1 aliphatic rings. The molecule has 0 spiro atoms. The highest BCUT2D eigenvalue weighted by Gasteiger charge is 2.37. The van der Waals surface area contributed by atoms with Crippen molar-refractivity contribution in [3.63, 3.8) is 0 Å². The van der Waals surface area contributed by atoms with E-state index >= 15 is 0 Å². The maximum Gasteiger partial charge on any atom is 0.331 e. The highest BCUT2D eigenvalue weighted by molar-refractivity contribution is 6.12. The van der Waals surface area contributed by atoms with Gasteiger partial charge in [-0.25, -0.2) is 9.18 Å². The smallest absolute Gasteiger partial charge is 0.331 e. The second-order valence-corrected chi connectivity index (χ2v) is 6.48. The molecule has 138 valence electrons.